The zero-order valence-corrected chi connectivity index (χ0v) is 11.2. The lowest BCUT2D eigenvalue weighted by Crippen LogP contribution is -1.95. The van der Waals surface area contributed by atoms with E-state index in [0.29, 0.717) is 11.4 Å². The number of aromatic nitrogens is 2. The van der Waals surface area contributed by atoms with Gasteiger partial charge in [0, 0.05) is 10.9 Å². The summed E-state index contributed by atoms with van der Waals surface area (Å²) < 4.78 is 0. The van der Waals surface area contributed by atoms with Gasteiger partial charge in [-0.2, -0.15) is 5.26 Å². The highest BCUT2D eigenvalue weighted by atomic mass is 32.1. The van der Waals surface area contributed by atoms with Crippen molar-refractivity contribution in [3.05, 3.63) is 47.0 Å². The Bertz CT molecular complexity index is 783. The fourth-order valence-corrected chi connectivity index (χ4v) is 2.83. The largest absolute Gasteiger partial charge is 0.232 e. The zero-order valence-electron chi connectivity index (χ0n) is 10.4. The first-order chi connectivity index (χ1) is 9.31. The van der Waals surface area contributed by atoms with Gasteiger partial charge in [-0.1, -0.05) is 19.1 Å². The maximum Gasteiger partial charge on any atom is 0.161 e. The van der Waals surface area contributed by atoms with Gasteiger partial charge in [-0.15, -0.1) is 11.3 Å². The van der Waals surface area contributed by atoms with Crippen LogP contribution >= 0.6 is 11.3 Å². The molecule has 4 heteroatoms. The van der Waals surface area contributed by atoms with Crippen molar-refractivity contribution in [1.29, 1.82) is 5.26 Å². The van der Waals surface area contributed by atoms with Crippen LogP contribution in [0.5, 0.6) is 0 Å². The number of nitrogens with zero attached hydrogens (tertiary/aromatic N) is 3. The highest BCUT2D eigenvalue weighted by Gasteiger charge is 2.09. The molecule has 3 nitrogen and oxygen atoms in total. The average Bonchev–Trinajstić information content (AvgIpc) is 2.94. The van der Waals surface area contributed by atoms with Crippen LogP contribution in [0.2, 0.25) is 0 Å². The van der Waals surface area contributed by atoms with Gasteiger partial charge in [0.05, 0.1) is 17.3 Å². The SMILES string of the molecule is CCc1nc(-c2cccc(C#N)c2)nc2sccc12. The highest BCUT2D eigenvalue weighted by Crippen LogP contribution is 2.26. The van der Waals surface area contributed by atoms with Crippen molar-refractivity contribution in [1.82, 2.24) is 9.97 Å². The Labute approximate surface area is 115 Å². The lowest BCUT2D eigenvalue weighted by Gasteiger charge is -2.04. The number of nitriles is 1. The summed E-state index contributed by atoms with van der Waals surface area (Å²) in [6, 6.07) is 11.6. The molecule has 0 saturated carbocycles. The van der Waals surface area contributed by atoms with Gasteiger partial charge in [0.1, 0.15) is 4.83 Å². The molecule has 0 aliphatic carbocycles. The van der Waals surface area contributed by atoms with Gasteiger partial charge < -0.3 is 0 Å². The van der Waals surface area contributed by atoms with E-state index in [-0.39, 0.29) is 0 Å². The topological polar surface area (TPSA) is 49.6 Å². The molecular formula is C15H11N3S. The first-order valence-electron chi connectivity index (χ1n) is 6.06. The number of hydrogen-bond acceptors (Lipinski definition) is 4. The van der Waals surface area contributed by atoms with E-state index >= 15 is 0 Å². The van der Waals surface area contributed by atoms with Crippen LogP contribution in [-0.4, -0.2) is 9.97 Å². The fraction of sp³-hybridized carbons (Fsp3) is 0.133. The van der Waals surface area contributed by atoms with Crippen molar-refractivity contribution in [3.63, 3.8) is 0 Å². The number of benzene rings is 1. The minimum absolute atomic E-state index is 0.630. The molecule has 0 spiro atoms. The summed E-state index contributed by atoms with van der Waals surface area (Å²) >= 11 is 1.62. The van der Waals surface area contributed by atoms with Gasteiger partial charge in [0.25, 0.3) is 0 Å². The highest BCUT2D eigenvalue weighted by molar-refractivity contribution is 7.16. The van der Waals surface area contributed by atoms with Crippen LogP contribution in [0.3, 0.4) is 0 Å². The summed E-state index contributed by atoms with van der Waals surface area (Å²) in [6.45, 7) is 2.09. The third kappa shape index (κ3) is 2.09. The molecular weight excluding hydrogens is 254 g/mol. The van der Waals surface area contributed by atoms with Gasteiger partial charge in [-0.05, 0) is 30.0 Å². The molecule has 3 rings (SSSR count). The lowest BCUT2D eigenvalue weighted by atomic mass is 10.1. The molecule has 2 heterocycles. The van der Waals surface area contributed by atoms with E-state index in [1.54, 1.807) is 17.4 Å². The number of rotatable bonds is 2. The first-order valence-corrected chi connectivity index (χ1v) is 6.94. The Balaban J connectivity index is 2.21. The average molecular weight is 265 g/mol. The molecule has 0 aliphatic rings. The zero-order chi connectivity index (χ0) is 13.2. The monoisotopic (exact) mass is 265 g/mol. The van der Waals surface area contributed by atoms with E-state index in [4.69, 9.17) is 5.26 Å². The fourth-order valence-electron chi connectivity index (χ4n) is 2.04. The summed E-state index contributed by atoms with van der Waals surface area (Å²) in [5.41, 5.74) is 2.58. The number of fused-ring (bicyclic) bond motifs is 1. The molecule has 92 valence electrons. The molecule has 0 unspecified atom stereocenters. The van der Waals surface area contributed by atoms with Crippen LogP contribution in [0.1, 0.15) is 18.2 Å². The molecule has 0 fully saturated rings. The third-order valence-electron chi connectivity index (χ3n) is 2.99. The van der Waals surface area contributed by atoms with Gasteiger partial charge in [-0.25, -0.2) is 9.97 Å². The normalized spacial score (nSPS) is 10.5. The Hall–Kier alpha value is -2.25. The molecule has 1 aromatic carbocycles. The number of aryl methyl sites for hydroxylation is 1. The van der Waals surface area contributed by atoms with Crippen molar-refractivity contribution in [2.24, 2.45) is 0 Å². The second-order valence-electron chi connectivity index (χ2n) is 4.18. The van der Waals surface area contributed by atoms with E-state index in [1.807, 2.05) is 23.6 Å². The van der Waals surface area contributed by atoms with Gasteiger partial charge in [0.2, 0.25) is 0 Å². The number of hydrogen-bond donors (Lipinski definition) is 0. The first kappa shape index (κ1) is 11.8. The van der Waals surface area contributed by atoms with Crippen molar-refractivity contribution in [2.75, 3.05) is 0 Å². The summed E-state index contributed by atoms with van der Waals surface area (Å²) in [7, 11) is 0. The summed E-state index contributed by atoms with van der Waals surface area (Å²) in [5, 5.41) is 12.1. The van der Waals surface area contributed by atoms with Gasteiger partial charge >= 0.3 is 0 Å². The van der Waals surface area contributed by atoms with Crippen LogP contribution in [0.25, 0.3) is 21.6 Å². The molecule has 2 aromatic heterocycles. The van der Waals surface area contributed by atoms with E-state index in [1.165, 1.54) is 0 Å². The smallest absolute Gasteiger partial charge is 0.161 e. The maximum absolute atomic E-state index is 8.96. The maximum atomic E-state index is 8.96. The standard InChI is InChI=1S/C15H11N3S/c1-2-13-12-6-7-19-15(12)18-14(17-13)11-5-3-4-10(8-11)9-16/h3-8H,2H2,1H3. The van der Waals surface area contributed by atoms with Crippen molar-refractivity contribution in [2.45, 2.75) is 13.3 Å². The molecule has 19 heavy (non-hydrogen) atoms. The Kier molecular flexibility index (Phi) is 2.98. The van der Waals surface area contributed by atoms with E-state index in [9.17, 15) is 0 Å². The molecule has 0 saturated heterocycles. The van der Waals surface area contributed by atoms with Gasteiger partial charge in [0.15, 0.2) is 5.82 Å². The number of thiophene rings is 1. The van der Waals surface area contributed by atoms with Crippen molar-refractivity contribution >= 4 is 21.6 Å². The third-order valence-corrected chi connectivity index (χ3v) is 3.80. The molecule has 0 N–H and O–H groups in total. The molecule has 0 amide bonds. The molecule has 0 bridgehead atoms. The Morgan fingerprint density at radius 1 is 1.26 bits per heavy atom. The van der Waals surface area contributed by atoms with E-state index in [0.717, 1.165) is 27.9 Å². The predicted octanol–water partition coefficient (Wildman–Crippen LogP) is 3.79. The van der Waals surface area contributed by atoms with Crippen LogP contribution in [0.15, 0.2) is 35.7 Å². The molecule has 0 atom stereocenters. The van der Waals surface area contributed by atoms with Crippen LogP contribution < -0.4 is 0 Å². The second kappa shape index (κ2) is 4.79. The minimum Gasteiger partial charge on any atom is -0.232 e. The molecule has 0 radical (unpaired) electrons. The van der Waals surface area contributed by atoms with Crippen molar-refractivity contribution in [3.8, 4) is 17.5 Å². The van der Waals surface area contributed by atoms with E-state index < -0.39 is 0 Å². The van der Waals surface area contributed by atoms with Crippen LogP contribution in [-0.2, 0) is 6.42 Å². The second-order valence-corrected chi connectivity index (χ2v) is 5.07. The predicted molar refractivity (Wildman–Crippen MR) is 76.9 cm³/mol. The van der Waals surface area contributed by atoms with Crippen molar-refractivity contribution < 1.29 is 0 Å². The molecule has 0 aliphatic heterocycles. The lowest BCUT2D eigenvalue weighted by molar-refractivity contribution is 1.04. The minimum atomic E-state index is 0.630. The quantitative estimate of drug-likeness (QED) is 0.708. The summed E-state index contributed by atoms with van der Waals surface area (Å²) in [5.74, 6) is 0.698. The Morgan fingerprint density at radius 3 is 2.95 bits per heavy atom. The van der Waals surface area contributed by atoms with Crippen LogP contribution in [0.4, 0.5) is 0 Å². The summed E-state index contributed by atoms with van der Waals surface area (Å²) in [6.07, 6.45) is 0.876. The Morgan fingerprint density at radius 2 is 2.16 bits per heavy atom. The van der Waals surface area contributed by atoms with Crippen LogP contribution in [0, 0.1) is 11.3 Å². The van der Waals surface area contributed by atoms with Gasteiger partial charge in [-0.3, -0.25) is 0 Å². The molecule has 3 aromatic rings. The van der Waals surface area contributed by atoms with E-state index in [2.05, 4.69) is 29.0 Å². The summed E-state index contributed by atoms with van der Waals surface area (Å²) in [4.78, 5) is 10.2.